The lowest BCUT2D eigenvalue weighted by molar-refractivity contribution is 0.451. The first-order valence-corrected chi connectivity index (χ1v) is 11.3. The van der Waals surface area contributed by atoms with Crippen molar-refractivity contribution in [1.29, 1.82) is 5.26 Å². The van der Waals surface area contributed by atoms with Gasteiger partial charge in [-0.15, -0.1) is 0 Å². The zero-order valence-corrected chi connectivity index (χ0v) is 18.1. The highest BCUT2D eigenvalue weighted by molar-refractivity contribution is 5.59. The van der Waals surface area contributed by atoms with Gasteiger partial charge in [0.2, 0.25) is 5.95 Å². The summed E-state index contributed by atoms with van der Waals surface area (Å²) in [6, 6.07) is 11.4. The first kappa shape index (κ1) is 20.6. The molecule has 2 fully saturated rings. The molecule has 2 aromatic rings. The van der Waals surface area contributed by atoms with E-state index in [0.29, 0.717) is 23.6 Å². The van der Waals surface area contributed by atoms with E-state index in [-0.39, 0.29) is 0 Å². The second-order valence-electron chi connectivity index (χ2n) is 8.64. The molecule has 0 spiro atoms. The van der Waals surface area contributed by atoms with Crippen LogP contribution in [0, 0.1) is 18.3 Å². The first-order chi connectivity index (χ1) is 14.6. The van der Waals surface area contributed by atoms with Gasteiger partial charge in [0, 0.05) is 42.6 Å². The van der Waals surface area contributed by atoms with E-state index in [1.165, 1.54) is 25.7 Å². The third-order valence-corrected chi connectivity index (χ3v) is 6.22. The summed E-state index contributed by atoms with van der Waals surface area (Å²) >= 11 is 0. The van der Waals surface area contributed by atoms with Crippen LogP contribution in [-0.4, -0.2) is 35.1 Å². The molecule has 4 rings (SSSR count). The standard InChI is InChI=1S/C24H32N6/c1-3-6-20-14-23(30-12-11-22(16-30)26-19-7-4-5-8-19)29-24(27-20)28-21-10-9-17(2)18(13-21)15-25/h9-10,13-14,19,22,26H,3-8,11-12,16H2,1-2H3,(H,27,28,29). The van der Waals surface area contributed by atoms with Gasteiger partial charge in [-0.05, 0) is 50.3 Å². The number of hydrogen-bond acceptors (Lipinski definition) is 6. The van der Waals surface area contributed by atoms with E-state index >= 15 is 0 Å². The topological polar surface area (TPSA) is 76.9 Å². The summed E-state index contributed by atoms with van der Waals surface area (Å²) in [6.45, 7) is 6.14. The molecule has 158 valence electrons. The van der Waals surface area contributed by atoms with Gasteiger partial charge in [0.15, 0.2) is 0 Å². The first-order valence-electron chi connectivity index (χ1n) is 11.3. The number of nitrogens with zero attached hydrogens (tertiary/aromatic N) is 4. The molecule has 2 aliphatic rings. The summed E-state index contributed by atoms with van der Waals surface area (Å²) < 4.78 is 0. The van der Waals surface area contributed by atoms with Crippen molar-refractivity contribution in [3.05, 3.63) is 41.1 Å². The van der Waals surface area contributed by atoms with Crippen molar-refractivity contribution in [3.63, 3.8) is 0 Å². The zero-order valence-electron chi connectivity index (χ0n) is 18.1. The molecule has 1 saturated heterocycles. The summed E-state index contributed by atoms with van der Waals surface area (Å²) in [5.74, 6) is 1.61. The average Bonchev–Trinajstić information content (AvgIpc) is 3.42. The molecule has 1 unspecified atom stereocenters. The molecular weight excluding hydrogens is 372 g/mol. The highest BCUT2D eigenvalue weighted by Crippen LogP contribution is 2.25. The minimum Gasteiger partial charge on any atom is -0.355 e. The molecule has 6 heteroatoms. The Hall–Kier alpha value is -2.65. The molecule has 30 heavy (non-hydrogen) atoms. The molecule has 0 amide bonds. The third-order valence-electron chi connectivity index (χ3n) is 6.22. The smallest absolute Gasteiger partial charge is 0.229 e. The lowest BCUT2D eigenvalue weighted by Gasteiger charge is -2.21. The normalized spacial score (nSPS) is 19.2. The Morgan fingerprint density at radius 3 is 2.73 bits per heavy atom. The van der Waals surface area contributed by atoms with Crippen molar-refractivity contribution in [2.24, 2.45) is 0 Å². The second kappa shape index (κ2) is 9.44. The molecule has 6 nitrogen and oxygen atoms in total. The van der Waals surface area contributed by atoms with Crippen LogP contribution in [0.15, 0.2) is 24.3 Å². The minimum absolute atomic E-state index is 0.546. The Morgan fingerprint density at radius 2 is 1.97 bits per heavy atom. The maximum absolute atomic E-state index is 9.32. The predicted octanol–water partition coefficient (Wildman–Crippen LogP) is 4.46. The molecule has 1 saturated carbocycles. The Bertz CT molecular complexity index is 912. The Balaban J connectivity index is 1.51. The van der Waals surface area contributed by atoms with Gasteiger partial charge in [-0.25, -0.2) is 4.98 Å². The summed E-state index contributed by atoms with van der Waals surface area (Å²) in [5.41, 5.74) is 3.55. The van der Waals surface area contributed by atoms with E-state index in [1.807, 2.05) is 25.1 Å². The maximum atomic E-state index is 9.32. The van der Waals surface area contributed by atoms with Gasteiger partial charge in [-0.3, -0.25) is 0 Å². The van der Waals surface area contributed by atoms with Crippen LogP contribution in [0.1, 0.15) is 62.3 Å². The molecule has 0 radical (unpaired) electrons. The SMILES string of the molecule is CCCc1cc(N2CCC(NC3CCCC3)C2)nc(Nc2ccc(C)c(C#N)c2)n1. The van der Waals surface area contributed by atoms with Gasteiger partial charge >= 0.3 is 0 Å². The molecular formula is C24H32N6. The van der Waals surface area contributed by atoms with Crippen molar-refractivity contribution < 1.29 is 0 Å². The fourth-order valence-corrected chi connectivity index (χ4v) is 4.56. The van der Waals surface area contributed by atoms with Crippen LogP contribution in [0.5, 0.6) is 0 Å². The van der Waals surface area contributed by atoms with Gasteiger partial charge in [0.05, 0.1) is 11.6 Å². The van der Waals surface area contributed by atoms with Gasteiger partial charge in [0.25, 0.3) is 0 Å². The number of benzene rings is 1. The molecule has 2 heterocycles. The zero-order chi connectivity index (χ0) is 20.9. The highest BCUT2D eigenvalue weighted by atomic mass is 15.3. The van der Waals surface area contributed by atoms with Crippen molar-refractivity contribution in [2.75, 3.05) is 23.3 Å². The number of nitriles is 1. The molecule has 0 bridgehead atoms. The maximum Gasteiger partial charge on any atom is 0.229 e. The third kappa shape index (κ3) is 4.91. The van der Waals surface area contributed by atoms with Crippen LogP contribution in [0.2, 0.25) is 0 Å². The Morgan fingerprint density at radius 1 is 1.13 bits per heavy atom. The molecule has 1 aromatic carbocycles. The lowest BCUT2D eigenvalue weighted by atomic mass is 10.1. The van der Waals surface area contributed by atoms with E-state index in [4.69, 9.17) is 9.97 Å². The van der Waals surface area contributed by atoms with Gasteiger partial charge in [0.1, 0.15) is 5.82 Å². The molecule has 1 aliphatic carbocycles. The number of nitrogens with one attached hydrogen (secondary N) is 2. The van der Waals surface area contributed by atoms with Crippen molar-refractivity contribution in [3.8, 4) is 6.07 Å². The lowest BCUT2D eigenvalue weighted by Crippen LogP contribution is -2.38. The highest BCUT2D eigenvalue weighted by Gasteiger charge is 2.27. The molecule has 2 N–H and O–H groups in total. The minimum atomic E-state index is 0.546. The van der Waals surface area contributed by atoms with Gasteiger partial charge < -0.3 is 15.5 Å². The van der Waals surface area contributed by atoms with E-state index in [0.717, 1.165) is 55.1 Å². The van der Waals surface area contributed by atoms with E-state index < -0.39 is 0 Å². The molecule has 1 aliphatic heterocycles. The number of anilines is 3. The number of hydrogen-bond donors (Lipinski definition) is 2. The number of aromatic nitrogens is 2. The van der Waals surface area contributed by atoms with Crippen LogP contribution in [0.25, 0.3) is 0 Å². The number of rotatable bonds is 7. The summed E-state index contributed by atoms with van der Waals surface area (Å²) in [6.07, 6.45) is 8.50. The van der Waals surface area contributed by atoms with Gasteiger partial charge in [-0.2, -0.15) is 10.2 Å². The van der Waals surface area contributed by atoms with Crippen molar-refractivity contribution in [2.45, 2.75) is 70.9 Å². The van der Waals surface area contributed by atoms with Crippen LogP contribution >= 0.6 is 0 Å². The molecule has 1 aromatic heterocycles. The van der Waals surface area contributed by atoms with Gasteiger partial charge in [-0.1, -0.05) is 32.3 Å². The summed E-state index contributed by atoms with van der Waals surface area (Å²) in [4.78, 5) is 11.9. The Labute approximate surface area is 179 Å². The van der Waals surface area contributed by atoms with E-state index in [9.17, 15) is 5.26 Å². The van der Waals surface area contributed by atoms with Crippen molar-refractivity contribution >= 4 is 17.5 Å². The average molecular weight is 405 g/mol. The Kier molecular flexibility index (Phi) is 6.49. The predicted molar refractivity (Wildman–Crippen MR) is 121 cm³/mol. The fraction of sp³-hybridized carbons (Fsp3) is 0.542. The summed E-state index contributed by atoms with van der Waals surface area (Å²) in [7, 11) is 0. The molecule has 1 atom stereocenters. The van der Waals surface area contributed by atoms with Crippen LogP contribution in [0.4, 0.5) is 17.5 Å². The summed E-state index contributed by atoms with van der Waals surface area (Å²) in [5, 5.41) is 16.5. The number of aryl methyl sites for hydroxylation is 2. The second-order valence-corrected chi connectivity index (χ2v) is 8.64. The largest absolute Gasteiger partial charge is 0.355 e. The van der Waals surface area contributed by atoms with E-state index in [2.05, 4.69) is 34.6 Å². The quantitative estimate of drug-likeness (QED) is 0.709. The van der Waals surface area contributed by atoms with Crippen molar-refractivity contribution in [1.82, 2.24) is 15.3 Å². The van der Waals surface area contributed by atoms with Crippen LogP contribution < -0.4 is 15.5 Å². The van der Waals surface area contributed by atoms with E-state index in [1.54, 1.807) is 0 Å². The van der Waals surface area contributed by atoms with Crippen LogP contribution in [0.3, 0.4) is 0 Å². The monoisotopic (exact) mass is 404 g/mol. The fourth-order valence-electron chi connectivity index (χ4n) is 4.56. The van der Waals surface area contributed by atoms with Crippen LogP contribution in [-0.2, 0) is 6.42 Å².